The van der Waals surface area contributed by atoms with Crippen molar-refractivity contribution in [3.8, 4) is 0 Å². The Bertz CT molecular complexity index is 223. The standard InChI is InChI=1S/C12H22N2O.ClH/c1-9-6-11(7-9)14-12(15)3-2-10-4-5-13-8-10;/h9-11,13H,2-8H2,1H3,(H,14,15);1H. The summed E-state index contributed by atoms with van der Waals surface area (Å²) in [5, 5.41) is 6.44. The van der Waals surface area contributed by atoms with Crippen LogP contribution >= 0.6 is 12.4 Å². The number of carbonyl (C=O) groups is 1. The second kappa shape index (κ2) is 6.45. The van der Waals surface area contributed by atoms with E-state index in [0.29, 0.717) is 6.04 Å². The van der Waals surface area contributed by atoms with E-state index in [-0.39, 0.29) is 18.3 Å². The average molecular weight is 247 g/mol. The second-order valence-corrected chi connectivity index (χ2v) is 5.24. The fraction of sp³-hybridized carbons (Fsp3) is 0.917. The van der Waals surface area contributed by atoms with Crippen molar-refractivity contribution in [2.45, 2.75) is 45.1 Å². The smallest absolute Gasteiger partial charge is 0.220 e. The number of hydrogen-bond acceptors (Lipinski definition) is 2. The van der Waals surface area contributed by atoms with Crippen LogP contribution in [0.5, 0.6) is 0 Å². The van der Waals surface area contributed by atoms with E-state index >= 15 is 0 Å². The average Bonchev–Trinajstić information content (AvgIpc) is 2.65. The molecule has 2 aliphatic rings. The molecule has 2 fully saturated rings. The van der Waals surface area contributed by atoms with E-state index in [2.05, 4.69) is 17.6 Å². The molecule has 1 aliphatic carbocycles. The molecule has 2 rings (SSSR count). The van der Waals surface area contributed by atoms with Gasteiger partial charge in [0.2, 0.25) is 5.91 Å². The summed E-state index contributed by atoms with van der Waals surface area (Å²) in [6.07, 6.45) is 5.37. The highest BCUT2D eigenvalue weighted by molar-refractivity contribution is 5.85. The van der Waals surface area contributed by atoms with Crippen LogP contribution in [0.3, 0.4) is 0 Å². The summed E-state index contributed by atoms with van der Waals surface area (Å²) in [5.41, 5.74) is 0. The normalized spacial score (nSPS) is 32.7. The van der Waals surface area contributed by atoms with Gasteiger partial charge in [0.05, 0.1) is 0 Å². The molecule has 3 nitrogen and oxygen atoms in total. The van der Waals surface area contributed by atoms with Crippen LogP contribution in [0.1, 0.15) is 39.0 Å². The third kappa shape index (κ3) is 3.95. The zero-order valence-corrected chi connectivity index (χ0v) is 10.8. The molecular formula is C12H23ClN2O. The molecular weight excluding hydrogens is 224 g/mol. The molecule has 0 spiro atoms. The first-order chi connectivity index (χ1) is 7.24. The van der Waals surface area contributed by atoms with Crippen molar-refractivity contribution in [3.05, 3.63) is 0 Å². The lowest BCUT2D eigenvalue weighted by molar-refractivity contribution is -0.122. The van der Waals surface area contributed by atoms with Crippen LogP contribution in [0.25, 0.3) is 0 Å². The van der Waals surface area contributed by atoms with E-state index < -0.39 is 0 Å². The molecule has 0 radical (unpaired) electrons. The molecule has 2 N–H and O–H groups in total. The van der Waals surface area contributed by atoms with Gasteiger partial charge >= 0.3 is 0 Å². The van der Waals surface area contributed by atoms with E-state index in [1.807, 2.05) is 0 Å². The Balaban J connectivity index is 0.00000128. The van der Waals surface area contributed by atoms with E-state index in [1.54, 1.807) is 0 Å². The number of carbonyl (C=O) groups excluding carboxylic acids is 1. The van der Waals surface area contributed by atoms with Crippen LogP contribution < -0.4 is 10.6 Å². The molecule has 1 aliphatic heterocycles. The van der Waals surface area contributed by atoms with Gasteiger partial charge in [-0.15, -0.1) is 12.4 Å². The van der Waals surface area contributed by atoms with Gasteiger partial charge in [-0.25, -0.2) is 0 Å². The Morgan fingerprint density at radius 2 is 2.19 bits per heavy atom. The molecule has 1 saturated heterocycles. The van der Waals surface area contributed by atoms with Crippen LogP contribution in [-0.4, -0.2) is 25.0 Å². The lowest BCUT2D eigenvalue weighted by atomic mass is 9.82. The number of amides is 1. The highest BCUT2D eigenvalue weighted by atomic mass is 35.5. The molecule has 1 atom stereocenters. The minimum atomic E-state index is 0. The minimum Gasteiger partial charge on any atom is -0.353 e. The Hall–Kier alpha value is -0.280. The summed E-state index contributed by atoms with van der Waals surface area (Å²) in [6.45, 7) is 4.48. The van der Waals surface area contributed by atoms with Crippen molar-refractivity contribution in [2.24, 2.45) is 11.8 Å². The Labute approximate surface area is 104 Å². The van der Waals surface area contributed by atoms with Gasteiger partial charge < -0.3 is 10.6 Å². The van der Waals surface area contributed by atoms with Gasteiger partial charge in [-0.3, -0.25) is 4.79 Å². The first-order valence-corrected chi connectivity index (χ1v) is 6.24. The van der Waals surface area contributed by atoms with Crippen LogP contribution in [0, 0.1) is 11.8 Å². The SMILES string of the molecule is CC1CC(NC(=O)CCC2CCNC2)C1.Cl. The second-order valence-electron chi connectivity index (χ2n) is 5.24. The van der Waals surface area contributed by atoms with Crippen LogP contribution in [-0.2, 0) is 4.79 Å². The van der Waals surface area contributed by atoms with Gasteiger partial charge in [0.15, 0.2) is 0 Å². The van der Waals surface area contributed by atoms with Gasteiger partial charge in [0, 0.05) is 12.5 Å². The molecule has 0 aromatic heterocycles. The largest absolute Gasteiger partial charge is 0.353 e. The summed E-state index contributed by atoms with van der Waals surface area (Å²) in [4.78, 5) is 11.6. The van der Waals surface area contributed by atoms with Crippen LogP contribution in [0.2, 0.25) is 0 Å². The summed E-state index contributed by atoms with van der Waals surface area (Å²) in [5.74, 6) is 1.81. The fourth-order valence-electron chi connectivity index (χ4n) is 2.62. The first-order valence-electron chi connectivity index (χ1n) is 6.24. The van der Waals surface area contributed by atoms with Crippen molar-refractivity contribution in [1.29, 1.82) is 0 Å². The van der Waals surface area contributed by atoms with Crippen molar-refractivity contribution in [1.82, 2.24) is 10.6 Å². The molecule has 4 heteroatoms. The number of rotatable bonds is 4. The van der Waals surface area contributed by atoms with Crippen molar-refractivity contribution < 1.29 is 4.79 Å². The van der Waals surface area contributed by atoms with Gasteiger partial charge in [-0.2, -0.15) is 0 Å². The van der Waals surface area contributed by atoms with Gasteiger partial charge in [0.25, 0.3) is 0 Å². The minimum absolute atomic E-state index is 0. The molecule has 1 unspecified atom stereocenters. The number of halogens is 1. The maximum atomic E-state index is 11.6. The van der Waals surface area contributed by atoms with E-state index in [4.69, 9.17) is 0 Å². The Morgan fingerprint density at radius 3 is 2.75 bits per heavy atom. The zero-order chi connectivity index (χ0) is 10.7. The quantitative estimate of drug-likeness (QED) is 0.793. The monoisotopic (exact) mass is 246 g/mol. The summed E-state index contributed by atoms with van der Waals surface area (Å²) in [7, 11) is 0. The van der Waals surface area contributed by atoms with E-state index in [9.17, 15) is 4.79 Å². The van der Waals surface area contributed by atoms with Crippen molar-refractivity contribution in [2.75, 3.05) is 13.1 Å². The van der Waals surface area contributed by atoms with E-state index in [1.165, 1.54) is 19.3 Å². The predicted octanol–water partition coefficient (Wildman–Crippen LogP) is 1.71. The first kappa shape index (κ1) is 13.8. The van der Waals surface area contributed by atoms with Gasteiger partial charge in [-0.1, -0.05) is 6.92 Å². The number of hydrogen-bond donors (Lipinski definition) is 2. The van der Waals surface area contributed by atoms with Crippen molar-refractivity contribution in [3.63, 3.8) is 0 Å². The lowest BCUT2D eigenvalue weighted by Crippen LogP contribution is -2.43. The maximum Gasteiger partial charge on any atom is 0.220 e. The highest BCUT2D eigenvalue weighted by Gasteiger charge is 2.26. The number of nitrogens with one attached hydrogen (secondary N) is 2. The van der Waals surface area contributed by atoms with E-state index in [0.717, 1.165) is 37.8 Å². The predicted molar refractivity (Wildman–Crippen MR) is 67.8 cm³/mol. The molecule has 0 aromatic rings. The lowest BCUT2D eigenvalue weighted by Gasteiger charge is -2.33. The fourth-order valence-corrected chi connectivity index (χ4v) is 2.62. The summed E-state index contributed by atoms with van der Waals surface area (Å²) < 4.78 is 0. The third-order valence-electron chi connectivity index (χ3n) is 3.68. The van der Waals surface area contributed by atoms with Crippen LogP contribution in [0.4, 0.5) is 0 Å². The molecule has 1 saturated carbocycles. The van der Waals surface area contributed by atoms with Gasteiger partial charge in [-0.05, 0) is 50.6 Å². The highest BCUT2D eigenvalue weighted by Crippen LogP contribution is 2.26. The molecule has 16 heavy (non-hydrogen) atoms. The topological polar surface area (TPSA) is 41.1 Å². The van der Waals surface area contributed by atoms with Crippen molar-refractivity contribution >= 4 is 18.3 Å². The zero-order valence-electron chi connectivity index (χ0n) is 10.00. The van der Waals surface area contributed by atoms with Crippen LogP contribution in [0.15, 0.2) is 0 Å². The van der Waals surface area contributed by atoms with Gasteiger partial charge in [0.1, 0.15) is 0 Å². The maximum absolute atomic E-state index is 11.6. The summed E-state index contributed by atoms with van der Waals surface area (Å²) >= 11 is 0. The summed E-state index contributed by atoms with van der Waals surface area (Å²) in [6, 6.07) is 0.481. The molecule has 94 valence electrons. The molecule has 1 heterocycles. The molecule has 0 bridgehead atoms. The Morgan fingerprint density at radius 1 is 1.44 bits per heavy atom. The molecule has 0 aromatic carbocycles. The molecule has 1 amide bonds. The third-order valence-corrected chi connectivity index (χ3v) is 3.68. The Kier molecular flexibility index (Phi) is 5.56.